The molecular weight excluding hydrogens is 219 g/mol. The Morgan fingerprint density at radius 3 is 1.79 bits per heavy atom. The van der Waals surface area contributed by atoms with Gasteiger partial charge in [0.05, 0.1) is 0 Å². The molecule has 0 fully saturated rings. The van der Waals surface area contributed by atoms with Gasteiger partial charge in [-0.25, -0.2) is 0 Å². The van der Waals surface area contributed by atoms with Gasteiger partial charge >= 0.3 is 0 Å². The van der Waals surface area contributed by atoms with Crippen LogP contribution in [0.1, 0.15) is 13.0 Å². The summed E-state index contributed by atoms with van der Waals surface area (Å²) in [5, 5.41) is 0. The van der Waals surface area contributed by atoms with Crippen molar-refractivity contribution in [3.8, 4) is 0 Å². The summed E-state index contributed by atoms with van der Waals surface area (Å²) in [6.45, 7) is 0.619. The number of hydrogen-bond acceptors (Lipinski definition) is 2. The van der Waals surface area contributed by atoms with E-state index >= 15 is 0 Å². The van der Waals surface area contributed by atoms with Crippen molar-refractivity contribution in [3.63, 3.8) is 0 Å². The van der Waals surface area contributed by atoms with Crippen LogP contribution in [-0.4, -0.2) is 14.1 Å². The molecule has 0 heterocycles. The van der Waals surface area contributed by atoms with E-state index in [-0.39, 0.29) is 32.2 Å². The highest BCUT2D eigenvalue weighted by atomic mass is 35.5. The number of halogens is 2. The lowest BCUT2D eigenvalue weighted by molar-refractivity contribution is 1.06. The predicted octanol–water partition coefficient (Wildman–Crippen LogP) is 2.69. The first-order valence-corrected chi connectivity index (χ1v) is 3.70. The Hall–Kier alpha value is -0.440. The Morgan fingerprint density at radius 1 is 1.07 bits per heavy atom. The van der Waals surface area contributed by atoms with Crippen molar-refractivity contribution < 1.29 is 0 Å². The zero-order valence-electron chi connectivity index (χ0n) is 7.86. The lowest BCUT2D eigenvalue weighted by atomic mass is 10.2. The van der Waals surface area contributed by atoms with Crippen LogP contribution in [-0.2, 0) is 6.54 Å². The molecular formula is C10H20Cl2N2. The van der Waals surface area contributed by atoms with Gasteiger partial charge in [-0.1, -0.05) is 19.6 Å². The molecule has 0 saturated heterocycles. The molecule has 0 aliphatic carbocycles. The van der Waals surface area contributed by atoms with E-state index in [4.69, 9.17) is 5.73 Å². The molecule has 1 aromatic carbocycles. The molecule has 0 amide bonds. The van der Waals surface area contributed by atoms with Gasteiger partial charge in [0.25, 0.3) is 0 Å². The predicted molar refractivity (Wildman–Crippen MR) is 69.9 cm³/mol. The topological polar surface area (TPSA) is 29.3 Å². The molecule has 4 heteroatoms. The van der Waals surface area contributed by atoms with Gasteiger partial charge in [0, 0.05) is 26.3 Å². The molecule has 2 nitrogen and oxygen atoms in total. The fourth-order valence-corrected chi connectivity index (χ4v) is 0.930. The summed E-state index contributed by atoms with van der Waals surface area (Å²) in [4.78, 5) is 2.07. The number of rotatable bonds is 2. The van der Waals surface area contributed by atoms with Gasteiger partial charge in [-0.05, 0) is 17.7 Å². The van der Waals surface area contributed by atoms with Crippen LogP contribution in [0, 0.1) is 0 Å². The molecule has 84 valence electrons. The van der Waals surface area contributed by atoms with E-state index < -0.39 is 0 Å². The van der Waals surface area contributed by atoms with Crippen LogP contribution in [0.3, 0.4) is 0 Å². The van der Waals surface area contributed by atoms with E-state index in [1.165, 1.54) is 11.3 Å². The summed E-state index contributed by atoms with van der Waals surface area (Å²) in [6, 6.07) is 8.25. The van der Waals surface area contributed by atoms with Crippen LogP contribution >= 0.6 is 24.8 Å². The largest absolute Gasteiger partial charge is 0.378 e. The summed E-state index contributed by atoms with van der Waals surface area (Å²) in [5.41, 5.74) is 7.85. The Bertz CT molecular complexity index is 222. The average molecular weight is 239 g/mol. The van der Waals surface area contributed by atoms with Crippen molar-refractivity contribution in [2.45, 2.75) is 14.0 Å². The summed E-state index contributed by atoms with van der Waals surface area (Å²) < 4.78 is 0. The SMILES string of the molecule is C.CN(C)c1ccc(CN)cc1.Cl.Cl. The highest BCUT2D eigenvalue weighted by Gasteiger charge is 1.92. The van der Waals surface area contributed by atoms with Crippen LogP contribution in [0.4, 0.5) is 5.69 Å². The van der Waals surface area contributed by atoms with Crippen molar-refractivity contribution in [1.29, 1.82) is 0 Å². The van der Waals surface area contributed by atoms with Gasteiger partial charge in [0.2, 0.25) is 0 Å². The molecule has 0 aromatic heterocycles. The number of nitrogens with two attached hydrogens (primary N) is 1. The van der Waals surface area contributed by atoms with Gasteiger partial charge in [-0.3, -0.25) is 0 Å². The quantitative estimate of drug-likeness (QED) is 0.859. The second-order valence-corrected chi connectivity index (χ2v) is 2.76. The molecule has 0 atom stereocenters. The molecule has 0 aliphatic heterocycles. The van der Waals surface area contributed by atoms with Crippen molar-refractivity contribution in [3.05, 3.63) is 29.8 Å². The van der Waals surface area contributed by atoms with Gasteiger partial charge in [0.1, 0.15) is 0 Å². The Kier molecular flexibility index (Phi) is 12.5. The first kappa shape index (κ1) is 19.2. The maximum absolute atomic E-state index is 5.46. The standard InChI is InChI=1S/C9H14N2.CH4.2ClH/c1-11(2)9-5-3-8(7-10)4-6-9;;;/h3-6H,7,10H2,1-2H3;1H4;2*1H. The van der Waals surface area contributed by atoms with Gasteiger partial charge in [-0.2, -0.15) is 0 Å². The third-order valence-corrected chi connectivity index (χ3v) is 1.69. The number of anilines is 1. The summed E-state index contributed by atoms with van der Waals surface area (Å²) >= 11 is 0. The van der Waals surface area contributed by atoms with E-state index in [1.54, 1.807) is 0 Å². The Labute approximate surface area is 99.3 Å². The number of hydrogen-bond donors (Lipinski definition) is 1. The Morgan fingerprint density at radius 2 is 1.50 bits per heavy atom. The van der Waals surface area contributed by atoms with Crippen molar-refractivity contribution in [2.75, 3.05) is 19.0 Å². The first-order valence-electron chi connectivity index (χ1n) is 3.70. The van der Waals surface area contributed by atoms with Crippen molar-refractivity contribution >= 4 is 30.5 Å². The third kappa shape index (κ3) is 5.32. The highest BCUT2D eigenvalue weighted by molar-refractivity contribution is 5.85. The molecule has 0 bridgehead atoms. The van der Waals surface area contributed by atoms with Crippen LogP contribution in [0.15, 0.2) is 24.3 Å². The van der Waals surface area contributed by atoms with Gasteiger partial charge in [-0.15, -0.1) is 24.8 Å². The van der Waals surface area contributed by atoms with E-state index in [0.29, 0.717) is 6.54 Å². The van der Waals surface area contributed by atoms with Crippen molar-refractivity contribution in [2.24, 2.45) is 5.73 Å². The minimum atomic E-state index is 0. The van der Waals surface area contributed by atoms with E-state index in [0.717, 1.165) is 0 Å². The molecule has 14 heavy (non-hydrogen) atoms. The molecule has 0 unspecified atom stereocenters. The molecule has 0 aliphatic rings. The third-order valence-electron chi connectivity index (χ3n) is 1.69. The highest BCUT2D eigenvalue weighted by Crippen LogP contribution is 2.11. The second kappa shape index (κ2) is 9.13. The summed E-state index contributed by atoms with van der Waals surface area (Å²) in [6.07, 6.45) is 0. The lowest BCUT2D eigenvalue weighted by Gasteiger charge is -2.11. The summed E-state index contributed by atoms with van der Waals surface area (Å²) in [5.74, 6) is 0. The molecule has 0 radical (unpaired) electrons. The molecule has 2 N–H and O–H groups in total. The first-order chi connectivity index (χ1) is 5.24. The van der Waals surface area contributed by atoms with E-state index in [2.05, 4.69) is 29.2 Å². The molecule has 0 spiro atoms. The van der Waals surface area contributed by atoms with E-state index in [9.17, 15) is 0 Å². The normalized spacial score (nSPS) is 7.64. The average Bonchev–Trinajstić information content (AvgIpc) is 2.05. The zero-order valence-corrected chi connectivity index (χ0v) is 9.49. The zero-order chi connectivity index (χ0) is 8.27. The fourth-order valence-electron chi connectivity index (χ4n) is 0.930. The van der Waals surface area contributed by atoms with Crippen molar-refractivity contribution in [1.82, 2.24) is 0 Å². The molecule has 1 aromatic rings. The van der Waals surface area contributed by atoms with Crippen LogP contribution < -0.4 is 10.6 Å². The minimum Gasteiger partial charge on any atom is -0.378 e. The minimum absolute atomic E-state index is 0. The van der Waals surface area contributed by atoms with Crippen LogP contribution in [0.2, 0.25) is 0 Å². The Balaban J connectivity index is -0.000000403. The lowest BCUT2D eigenvalue weighted by Crippen LogP contribution is -2.08. The fraction of sp³-hybridized carbons (Fsp3) is 0.400. The molecule has 0 saturated carbocycles. The van der Waals surface area contributed by atoms with Gasteiger partial charge < -0.3 is 10.6 Å². The van der Waals surface area contributed by atoms with Gasteiger partial charge in [0.15, 0.2) is 0 Å². The molecule has 1 rings (SSSR count). The van der Waals surface area contributed by atoms with Crippen LogP contribution in [0.5, 0.6) is 0 Å². The maximum atomic E-state index is 5.46. The number of benzene rings is 1. The second-order valence-electron chi connectivity index (χ2n) is 2.76. The number of nitrogens with zero attached hydrogens (tertiary/aromatic N) is 1. The summed E-state index contributed by atoms with van der Waals surface area (Å²) in [7, 11) is 4.05. The maximum Gasteiger partial charge on any atom is 0.0361 e. The van der Waals surface area contributed by atoms with Crippen LogP contribution in [0.25, 0.3) is 0 Å². The van der Waals surface area contributed by atoms with E-state index in [1.807, 2.05) is 14.1 Å². The smallest absolute Gasteiger partial charge is 0.0361 e. The monoisotopic (exact) mass is 238 g/mol.